The fourth-order valence-corrected chi connectivity index (χ4v) is 3.36. The fourth-order valence-electron chi connectivity index (χ4n) is 2.49. The van der Waals surface area contributed by atoms with Gasteiger partial charge < -0.3 is 15.5 Å². The van der Waals surface area contributed by atoms with E-state index in [4.69, 9.17) is 0 Å². The van der Waals surface area contributed by atoms with Crippen LogP contribution in [0.2, 0.25) is 0 Å². The first-order valence-electron chi connectivity index (χ1n) is 7.71. The van der Waals surface area contributed by atoms with Crippen molar-refractivity contribution in [3.8, 4) is 0 Å². The summed E-state index contributed by atoms with van der Waals surface area (Å²) in [5, 5.41) is 7.74. The van der Waals surface area contributed by atoms with E-state index < -0.39 is 0 Å². The molecule has 0 aromatic carbocycles. The third kappa shape index (κ3) is 5.59. The monoisotopic (exact) mass is 451 g/mol. The lowest BCUT2D eigenvalue weighted by atomic mass is 10.3. The number of hydrogen-bond acceptors (Lipinski definition) is 4. The van der Waals surface area contributed by atoms with Crippen LogP contribution in [-0.4, -0.2) is 47.9 Å². The number of halogens is 1. The van der Waals surface area contributed by atoms with Crippen LogP contribution in [0.15, 0.2) is 4.99 Å². The SMILES string of the molecule is CCC(=O)N1CCC(NC(=NC)NCc2nc(C)c(C)s2)C1.I. The zero-order chi connectivity index (χ0) is 16.1. The first-order valence-corrected chi connectivity index (χ1v) is 8.53. The molecule has 2 N–H and O–H groups in total. The van der Waals surface area contributed by atoms with Gasteiger partial charge >= 0.3 is 0 Å². The third-order valence-electron chi connectivity index (χ3n) is 3.89. The summed E-state index contributed by atoms with van der Waals surface area (Å²) in [5.74, 6) is 0.988. The molecule has 8 heteroatoms. The number of thiazole rings is 1. The van der Waals surface area contributed by atoms with Crippen LogP contribution in [0.4, 0.5) is 0 Å². The Bertz CT molecular complexity index is 541. The van der Waals surface area contributed by atoms with Crippen LogP contribution in [0.25, 0.3) is 0 Å². The Hall–Kier alpha value is -0.900. The second-order valence-electron chi connectivity index (χ2n) is 5.50. The molecule has 0 radical (unpaired) electrons. The number of nitrogens with one attached hydrogen (secondary N) is 2. The van der Waals surface area contributed by atoms with Crippen LogP contribution in [0.5, 0.6) is 0 Å². The molecule has 1 unspecified atom stereocenters. The van der Waals surface area contributed by atoms with E-state index in [0.29, 0.717) is 13.0 Å². The quantitative estimate of drug-likeness (QED) is 0.418. The van der Waals surface area contributed by atoms with E-state index in [0.717, 1.165) is 36.2 Å². The second-order valence-corrected chi connectivity index (χ2v) is 6.79. The summed E-state index contributed by atoms with van der Waals surface area (Å²) in [6.45, 7) is 8.27. The molecule has 1 saturated heterocycles. The minimum atomic E-state index is 0. The topological polar surface area (TPSA) is 69.6 Å². The molecule has 6 nitrogen and oxygen atoms in total. The van der Waals surface area contributed by atoms with Crippen LogP contribution >= 0.6 is 35.3 Å². The lowest BCUT2D eigenvalue weighted by Crippen LogP contribution is -2.44. The number of aromatic nitrogens is 1. The van der Waals surface area contributed by atoms with Crippen molar-refractivity contribution in [1.29, 1.82) is 0 Å². The molecule has 1 aliphatic rings. The molecule has 0 aliphatic carbocycles. The Labute approximate surface area is 159 Å². The van der Waals surface area contributed by atoms with Gasteiger partial charge in [-0.1, -0.05) is 6.92 Å². The first kappa shape index (κ1) is 20.1. The van der Waals surface area contributed by atoms with Gasteiger partial charge in [0.15, 0.2) is 5.96 Å². The molecule has 23 heavy (non-hydrogen) atoms. The maximum Gasteiger partial charge on any atom is 0.222 e. The van der Waals surface area contributed by atoms with E-state index >= 15 is 0 Å². The number of aliphatic imine (C=N–C) groups is 1. The number of carbonyl (C=O) groups is 1. The molecule has 1 fully saturated rings. The molecule has 0 bridgehead atoms. The van der Waals surface area contributed by atoms with E-state index in [-0.39, 0.29) is 35.9 Å². The molecule has 130 valence electrons. The molecule has 1 amide bonds. The lowest BCUT2D eigenvalue weighted by molar-refractivity contribution is -0.129. The molecule has 1 atom stereocenters. The summed E-state index contributed by atoms with van der Waals surface area (Å²) in [5.41, 5.74) is 1.09. The van der Waals surface area contributed by atoms with Crippen LogP contribution in [0, 0.1) is 13.8 Å². The summed E-state index contributed by atoms with van der Waals surface area (Å²) in [6, 6.07) is 0.265. The van der Waals surface area contributed by atoms with Gasteiger partial charge in [-0.2, -0.15) is 0 Å². The number of guanidine groups is 1. The zero-order valence-corrected chi connectivity index (χ0v) is 17.3. The highest BCUT2D eigenvalue weighted by molar-refractivity contribution is 14.0. The van der Waals surface area contributed by atoms with Gasteiger partial charge in [-0.15, -0.1) is 35.3 Å². The highest BCUT2D eigenvalue weighted by atomic mass is 127. The minimum absolute atomic E-state index is 0. The van der Waals surface area contributed by atoms with Gasteiger partial charge in [0.2, 0.25) is 5.91 Å². The van der Waals surface area contributed by atoms with Crippen molar-refractivity contribution in [3.63, 3.8) is 0 Å². The standard InChI is InChI=1S/C15H25N5OS.HI/c1-5-14(21)20-7-6-12(9-20)19-15(16-4)17-8-13-18-10(2)11(3)22-13;/h12H,5-9H2,1-4H3,(H2,16,17,19);1H. The number of likely N-dealkylation sites (tertiary alicyclic amines) is 1. The molecule has 0 saturated carbocycles. The number of carbonyl (C=O) groups excluding carboxylic acids is 1. The summed E-state index contributed by atoms with van der Waals surface area (Å²) in [7, 11) is 1.76. The number of rotatable bonds is 4. The summed E-state index contributed by atoms with van der Waals surface area (Å²) >= 11 is 1.71. The average Bonchev–Trinajstić information content (AvgIpc) is 3.10. The Kier molecular flexibility index (Phi) is 8.24. The summed E-state index contributed by atoms with van der Waals surface area (Å²) in [4.78, 5) is 23.6. The van der Waals surface area contributed by atoms with Gasteiger partial charge in [-0.25, -0.2) is 4.98 Å². The van der Waals surface area contributed by atoms with Crippen LogP contribution in [0.1, 0.15) is 35.3 Å². The summed E-state index contributed by atoms with van der Waals surface area (Å²) < 4.78 is 0. The van der Waals surface area contributed by atoms with E-state index in [9.17, 15) is 4.79 Å². The highest BCUT2D eigenvalue weighted by Crippen LogP contribution is 2.16. The maximum atomic E-state index is 11.7. The van der Waals surface area contributed by atoms with E-state index in [1.165, 1.54) is 4.88 Å². The van der Waals surface area contributed by atoms with Gasteiger partial charge in [-0.3, -0.25) is 9.79 Å². The smallest absolute Gasteiger partial charge is 0.222 e. The van der Waals surface area contributed by atoms with Crippen molar-refractivity contribution in [2.45, 2.75) is 46.2 Å². The Morgan fingerprint density at radius 1 is 1.48 bits per heavy atom. The Balaban J connectivity index is 0.00000264. The van der Waals surface area contributed by atoms with E-state index in [2.05, 4.69) is 27.5 Å². The van der Waals surface area contributed by atoms with Gasteiger partial charge in [0.1, 0.15) is 5.01 Å². The van der Waals surface area contributed by atoms with Crippen LogP contribution in [0.3, 0.4) is 0 Å². The van der Waals surface area contributed by atoms with Gasteiger partial charge in [0.25, 0.3) is 0 Å². The predicted molar refractivity (Wildman–Crippen MR) is 106 cm³/mol. The number of amides is 1. The Morgan fingerprint density at radius 3 is 2.78 bits per heavy atom. The predicted octanol–water partition coefficient (Wildman–Crippen LogP) is 2.05. The highest BCUT2D eigenvalue weighted by Gasteiger charge is 2.25. The second kappa shape index (κ2) is 9.41. The van der Waals surface area contributed by atoms with Crippen molar-refractivity contribution < 1.29 is 4.79 Å². The first-order chi connectivity index (χ1) is 10.5. The van der Waals surface area contributed by atoms with Crippen molar-refractivity contribution in [1.82, 2.24) is 20.5 Å². The van der Waals surface area contributed by atoms with Gasteiger partial charge in [0, 0.05) is 37.5 Å². The average molecular weight is 451 g/mol. The molecule has 1 aromatic rings. The normalized spacial score (nSPS) is 17.8. The molecule has 2 rings (SSSR count). The number of hydrogen-bond donors (Lipinski definition) is 2. The zero-order valence-electron chi connectivity index (χ0n) is 14.2. The number of nitrogens with zero attached hydrogens (tertiary/aromatic N) is 3. The number of aryl methyl sites for hydroxylation is 2. The van der Waals surface area contributed by atoms with Gasteiger partial charge in [-0.05, 0) is 20.3 Å². The van der Waals surface area contributed by atoms with Crippen molar-refractivity contribution in [2.75, 3.05) is 20.1 Å². The fraction of sp³-hybridized carbons (Fsp3) is 0.667. The van der Waals surface area contributed by atoms with Gasteiger partial charge in [0.05, 0.1) is 12.2 Å². The van der Waals surface area contributed by atoms with Crippen molar-refractivity contribution in [3.05, 3.63) is 15.6 Å². The largest absolute Gasteiger partial charge is 0.352 e. The lowest BCUT2D eigenvalue weighted by Gasteiger charge is -2.18. The van der Waals surface area contributed by atoms with E-state index in [1.54, 1.807) is 18.4 Å². The Morgan fingerprint density at radius 2 is 2.22 bits per heavy atom. The molecular formula is C15H26IN5OS. The van der Waals surface area contributed by atoms with Crippen LogP contribution in [-0.2, 0) is 11.3 Å². The minimum Gasteiger partial charge on any atom is -0.352 e. The molecule has 1 aliphatic heterocycles. The molecule has 2 heterocycles. The molecule has 1 aromatic heterocycles. The third-order valence-corrected chi connectivity index (χ3v) is 4.96. The van der Waals surface area contributed by atoms with Crippen molar-refractivity contribution in [2.24, 2.45) is 4.99 Å². The van der Waals surface area contributed by atoms with Crippen LogP contribution < -0.4 is 10.6 Å². The summed E-state index contributed by atoms with van der Waals surface area (Å²) in [6.07, 6.45) is 1.53. The van der Waals surface area contributed by atoms with Crippen molar-refractivity contribution >= 4 is 47.2 Å². The van der Waals surface area contributed by atoms with E-state index in [1.807, 2.05) is 18.7 Å². The molecular weight excluding hydrogens is 425 g/mol. The molecule has 0 spiro atoms. The maximum absolute atomic E-state index is 11.7.